The molecule has 3 N–H and O–H groups in total. The smallest absolute Gasteiger partial charge is 0.133 e. The van der Waals surface area contributed by atoms with Gasteiger partial charge in [0.25, 0.3) is 0 Å². The largest absolute Gasteiger partial charge is 0.384 e. The molecule has 5 heteroatoms. The zero-order valence-electron chi connectivity index (χ0n) is 10.5. The van der Waals surface area contributed by atoms with Crippen LogP contribution < -0.4 is 11.1 Å². The van der Waals surface area contributed by atoms with Gasteiger partial charge in [-0.15, -0.1) is 0 Å². The van der Waals surface area contributed by atoms with E-state index in [1.165, 1.54) is 5.56 Å². The summed E-state index contributed by atoms with van der Waals surface area (Å²) in [4.78, 5) is 8.65. The Kier molecular flexibility index (Phi) is 4.52. The van der Waals surface area contributed by atoms with Crippen molar-refractivity contribution in [1.29, 1.82) is 0 Å². The fourth-order valence-corrected chi connectivity index (χ4v) is 2.42. The number of hydrogen-bond acceptors (Lipinski definition) is 5. The summed E-state index contributed by atoms with van der Waals surface area (Å²) in [5.41, 5.74) is 7.12. The Hall–Kier alpha value is -1.62. The molecule has 0 aliphatic rings. The molecule has 0 saturated carbocycles. The average molecular weight is 262 g/mol. The molecule has 0 aliphatic carbocycles. The Balaban J connectivity index is 1.92. The van der Waals surface area contributed by atoms with Crippen LogP contribution in [0.3, 0.4) is 0 Å². The van der Waals surface area contributed by atoms with E-state index >= 15 is 0 Å². The number of aromatic nitrogens is 2. The van der Waals surface area contributed by atoms with Gasteiger partial charge in [0.2, 0.25) is 0 Å². The maximum atomic E-state index is 5.77. The standard InChI is InChI=1S/C13H18N4S/c1-2-3-12-16-11(14)8-13(17-12)15-6-4-10-5-7-18-9-10/h5,7-9H,2-4,6H2,1H3,(H3,14,15,16,17). The van der Waals surface area contributed by atoms with E-state index in [1.807, 2.05) is 0 Å². The zero-order chi connectivity index (χ0) is 12.8. The third-order valence-corrected chi connectivity index (χ3v) is 3.30. The lowest BCUT2D eigenvalue weighted by atomic mass is 10.2. The molecule has 0 radical (unpaired) electrons. The Labute approximate surface area is 111 Å². The quantitative estimate of drug-likeness (QED) is 0.840. The summed E-state index contributed by atoms with van der Waals surface area (Å²) in [5.74, 6) is 2.17. The maximum Gasteiger partial charge on any atom is 0.133 e. The zero-order valence-corrected chi connectivity index (χ0v) is 11.3. The number of anilines is 2. The average Bonchev–Trinajstić information content (AvgIpc) is 2.82. The molecule has 4 nitrogen and oxygen atoms in total. The van der Waals surface area contributed by atoms with Crippen LogP contribution in [0.5, 0.6) is 0 Å². The van der Waals surface area contributed by atoms with Gasteiger partial charge in [-0.3, -0.25) is 0 Å². The molecule has 0 atom stereocenters. The molecule has 0 aliphatic heterocycles. The number of nitrogens with one attached hydrogen (secondary N) is 1. The van der Waals surface area contributed by atoms with Crippen molar-refractivity contribution < 1.29 is 0 Å². The van der Waals surface area contributed by atoms with E-state index in [-0.39, 0.29) is 0 Å². The van der Waals surface area contributed by atoms with E-state index in [0.29, 0.717) is 5.82 Å². The molecule has 2 rings (SSSR count). The molecule has 96 valence electrons. The normalized spacial score (nSPS) is 10.5. The van der Waals surface area contributed by atoms with Crippen molar-refractivity contribution in [2.24, 2.45) is 0 Å². The van der Waals surface area contributed by atoms with Gasteiger partial charge in [0.1, 0.15) is 17.5 Å². The first-order valence-corrected chi connectivity index (χ1v) is 7.10. The van der Waals surface area contributed by atoms with Crippen molar-refractivity contribution in [3.63, 3.8) is 0 Å². The van der Waals surface area contributed by atoms with Crippen LogP contribution >= 0.6 is 11.3 Å². The first-order valence-electron chi connectivity index (χ1n) is 6.16. The van der Waals surface area contributed by atoms with Gasteiger partial charge in [0.05, 0.1) is 0 Å². The van der Waals surface area contributed by atoms with E-state index in [4.69, 9.17) is 5.73 Å². The van der Waals surface area contributed by atoms with Crippen LogP contribution in [0, 0.1) is 0 Å². The van der Waals surface area contributed by atoms with Gasteiger partial charge in [0, 0.05) is 19.0 Å². The summed E-state index contributed by atoms with van der Waals surface area (Å²) in [6.07, 6.45) is 2.89. The lowest BCUT2D eigenvalue weighted by Gasteiger charge is -2.07. The number of rotatable bonds is 6. The van der Waals surface area contributed by atoms with Crippen LogP contribution in [0.1, 0.15) is 24.7 Å². The van der Waals surface area contributed by atoms with Crippen LogP contribution in [0.2, 0.25) is 0 Å². The minimum absolute atomic E-state index is 0.534. The molecule has 0 fully saturated rings. The van der Waals surface area contributed by atoms with Gasteiger partial charge in [-0.2, -0.15) is 11.3 Å². The fraction of sp³-hybridized carbons (Fsp3) is 0.385. The lowest BCUT2D eigenvalue weighted by Crippen LogP contribution is -2.09. The number of thiophene rings is 1. The summed E-state index contributed by atoms with van der Waals surface area (Å²) in [7, 11) is 0. The number of nitrogens with two attached hydrogens (primary N) is 1. The van der Waals surface area contributed by atoms with Crippen molar-refractivity contribution in [2.75, 3.05) is 17.6 Å². The Morgan fingerprint density at radius 2 is 2.22 bits per heavy atom. The van der Waals surface area contributed by atoms with Crippen molar-refractivity contribution >= 4 is 23.0 Å². The Morgan fingerprint density at radius 3 is 2.94 bits per heavy atom. The number of nitrogen functional groups attached to an aromatic ring is 1. The molecular formula is C13H18N4S. The molecular weight excluding hydrogens is 244 g/mol. The minimum atomic E-state index is 0.534. The van der Waals surface area contributed by atoms with Crippen LogP contribution in [-0.2, 0) is 12.8 Å². The van der Waals surface area contributed by atoms with Gasteiger partial charge in [0.15, 0.2) is 0 Å². The molecule has 0 bridgehead atoms. The highest BCUT2D eigenvalue weighted by Gasteiger charge is 2.02. The summed E-state index contributed by atoms with van der Waals surface area (Å²) >= 11 is 1.72. The Bertz CT molecular complexity index is 482. The molecule has 0 aromatic carbocycles. The van der Waals surface area contributed by atoms with Gasteiger partial charge < -0.3 is 11.1 Å². The van der Waals surface area contributed by atoms with Gasteiger partial charge in [-0.1, -0.05) is 6.92 Å². The third kappa shape index (κ3) is 3.70. The molecule has 2 heterocycles. The Morgan fingerprint density at radius 1 is 1.33 bits per heavy atom. The van der Waals surface area contributed by atoms with Crippen LogP contribution in [0.25, 0.3) is 0 Å². The lowest BCUT2D eigenvalue weighted by molar-refractivity contribution is 0.836. The summed E-state index contributed by atoms with van der Waals surface area (Å²) in [6.45, 7) is 2.97. The van der Waals surface area contributed by atoms with Crippen LogP contribution in [0.4, 0.5) is 11.6 Å². The third-order valence-electron chi connectivity index (χ3n) is 2.57. The molecule has 2 aromatic rings. The molecule has 0 unspecified atom stereocenters. The molecule has 2 aromatic heterocycles. The van der Waals surface area contributed by atoms with E-state index in [2.05, 4.69) is 39.0 Å². The fourth-order valence-electron chi connectivity index (χ4n) is 1.71. The van der Waals surface area contributed by atoms with Gasteiger partial charge >= 0.3 is 0 Å². The van der Waals surface area contributed by atoms with Crippen molar-refractivity contribution in [1.82, 2.24) is 9.97 Å². The summed E-state index contributed by atoms with van der Waals surface area (Å²) in [5, 5.41) is 7.56. The second kappa shape index (κ2) is 6.35. The highest BCUT2D eigenvalue weighted by molar-refractivity contribution is 7.07. The van der Waals surface area contributed by atoms with Crippen molar-refractivity contribution in [3.8, 4) is 0 Å². The summed E-state index contributed by atoms with van der Waals surface area (Å²) in [6, 6.07) is 3.93. The molecule has 0 spiro atoms. The van der Waals surface area contributed by atoms with E-state index in [9.17, 15) is 0 Å². The number of hydrogen-bond donors (Lipinski definition) is 2. The minimum Gasteiger partial charge on any atom is -0.384 e. The van der Waals surface area contributed by atoms with Crippen molar-refractivity contribution in [2.45, 2.75) is 26.2 Å². The topological polar surface area (TPSA) is 63.8 Å². The maximum absolute atomic E-state index is 5.77. The highest BCUT2D eigenvalue weighted by Crippen LogP contribution is 2.11. The first-order chi connectivity index (χ1) is 8.78. The van der Waals surface area contributed by atoms with Crippen molar-refractivity contribution in [3.05, 3.63) is 34.3 Å². The van der Waals surface area contributed by atoms with Crippen LogP contribution in [0.15, 0.2) is 22.9 Å². The van der Waals surface area contributed by atoms with Crippen LogP contribution in [-0.4, -0.2) is 16.5 Å². The highest BCUT2D eigenvalue weighted by atomic mass is 32.1. The van der Waals surface area contributed by atoms with E-state index in [0.717, 1.165) is 37.4 Å². The van der Waals surface area contributed by atoms with Gasteiger partial charge in [-0.05, 0) is 35.2 Å². The number of aryl methyl sites for hydroxylation is 1. The molecule has 0 amide bonds. The first kappa shape index (κ1) is 12.8. The SMILES string of the molecule is CCCc1nc(N)cc(NCCc2ccsc2)n1. The van der Waals surface area contributed by atoms with E-state index in [1.54, 1.807) is 17.4 Å². The van der Waals surface area contributed by atoms with Gasteiger partial charge in [-0.25, -0.2) is 9.97 Å². The monoisotopic (exact) mass is 262 g/mol. The van der Waals surface area contributed by atoms with E-state index < -0.39 is 0 Å². The second-order valence-corrected chi connectivity index (χ2v) is 4.93. The molecule has 18 heavy (non-hydrogen) atoms. The number of nitrogens with zero attached hydrogens (tertiary/aromatic N) is 2. The predicted molar refractivity (Wildman–Crippen MR) is 77.0 cm³/mol. The summed E-state index contributed by atoms with van der Waals surface area (Å²) < 4.78 is 0. The molecule has 0 saturated heterocycles. The predicted octanol–water partition coefficient (Wildman–Crippen LogP) is 2.73. The second-order valence-electron chi connectivity index (χ2n) is 4.15.